The molecule has 2 N–H and O–H groups in total. The van der Waals surface area contributed by atoms with Crippen LogP contribution < -0.4 is 14.8 Å². The number of halogens is 1. The lowest BCUT2D eigenvalue weighted by molar-refractivity contribution is -0.121. The lowest BCUT2D eigenvalue weighted by atomic mass is 9.78. The number of aryl methyl sites for hydroxylation is 1. The molecular formula is C26H27ClN2O4S. The molecule has 3 aromatic carbocycles. The van der Waals surface area contributed by atoms with Crippen molar-refractivity contribution < 1.29 is 17.9 Å². The summed E-state index contributed by atoms with van der Waals surface area (Å²) in [5.41, 5.74) is 1.46. The van der Waals surface area contributed by atoms with Gasteiger partial charge in [0.1, 0.15) is 10.6 Å². The summed E-state index contributed by atoms with van der Waals surface area (Å²) >= 11 is 6.06. The van der Waals surface area contributed by atoms with Gasteiger partial charge in [0.25, 0.3) is 10.0 Å². The highest BCUT2D eigenvalue weighted by Crippen LogP contribution is 2.43. The molecule has 0 radical (unpaired) electrons. The maximum absolute atomic E-state index is 13.7. The van der Waals surface area contributed by atoms with Gasteiger partial charge in [0, 0.05) is 5.02 Å². The maximum Gasteiger partial charge on any atom is 0.264 e. The summed E-state index contributed by atoms with van der Waals surface area (Å²) in [6.07, 6.45) is 3.22. The predicted molar refractivity (Wildman–Crippen MR) is 135 cm³/mol. The van der Waals surface area contributed by atoms with E-state index in [9.17, 15) is 13.2 Å². The monoisotopic (exact) mass is 498 g/mol. The van der Waals surface area contributed by atoms with Crippen molar-refractivity contribution in [3.63, 3.8) is 0 Å². The third kappa shape index (κ3) is 4.76. The van der Waals surface area contributed by atoms with Crippen molar-refractivity contribution in [1.29, 1.82) is 0 Å². The van der Waals surface area contributed by atoms with Gasteiger partial charge in [-0.15, -0.1) is 0 Å². The fourth-order valence-electron chi connectivity index (χ4n) is 4.52. The molecule has 0 atom stereocenters. The average Bonchev–Trinajstić information content (AvgIpc) is 3.32. The summed E-state index contributed by atoms with van der Waals surface area (Å²) in [5.74, 6) is 0.182. The number of sulfonamides is 1. The minimum Gasteiger partial charge on any atom is -0.495 e. The summed E-state index contributed by atoms with van der Waals surface area (Å²) in [7, 11) is -2.54. The molecule has 0 saturated heterocycles. The molecule has 0 aromatic heterocycles. The molecule has 0 unspecified atom stereocenters. The van der Waals surface area contributed by atoms with Crippen LogP contribution in [0.15, 0.2) is 71.6 Å². The average molecular weight is 499 g/mol. The van der Waals surface area contributed by atoms with Gasteiger partial charge < -0.3 is 10.1 Å². The van der Waals surface area contributed by atoms with Gasteiger partial charge in [0.2, 0.25) is 5.91 Å². The first-order valence-electron chi connectivity index (χ1n) is 11.1. The molecule has 6 nitrogen and oxygen atoms in total. The number of rotatable bonds is 7. The minimum absolute atomic E-state index is 0.00370. The van der Waals surface area contributed by atoms with E-state index in [-0.39, 0.29) is 16.5 Å². The van der Waals surface area contributed by atoms with Crippen molar-refractivity contribution in [1.82, 2.24) is 0 Å². The number of nitrogens with one attached hydrogen (secondary N) is 2. The molecule has 1 saturated carbocycles. The van der Waals surface area contributed by atoms with Crippen LogP contribution in [0.2, 0.25) is 5.02 Å². The smallest absolute Gasteiger partial charge is 0.264 e. The van der Waals surface area contributed by atoms with E-state index in [1.54, 1.807) is 61.5 Å². The topological polar surface area (TPSA) is 84.5 Å². The van der Waals surface area contributed by atoms with E-state index in [0.29, 0.717) is 29.3 Å². The summed E-state index contributed by atoms with van der Waals surface area (Å²) < 4.78 is 34.7. The van der Waals surface area contributed by atoms with Crippen LogP contribution in [-0.4, -0.2) is 21.4 Å². The number of amides is 1. The van der Waals surface area contributed by atoms with Crippen LogP contribution >= 0.6 is 11.6 Å². The fourth-order valence-corrected chi connectivity index (χ4v) is 5.96. The summed E-state index contributed by atoms with van der Waals surface area (Å²) in [5, 5.41) is 3.54. The van der Waals surface area contributed by atoms with Gasteiger partial charge in [0.15, 0.2) is 0 Å². The summed E-state index contributed by atoms with van der Waals surface area (Å²) in [6, 6.07) is 19.1. The Kier molecular flexibility index (Phi) is 6.86. The Morgan fingerprint density at radius 1 is 0.971 bits per heavy atom. The largest absolute Gasteiger partial charge is 0.495 e. The molecule has 3 aromatic rings. The number of para-hydroxylation sites is 2. The van der Waals surface area contributed by atoms with Crippen molar-refractivity contribution in [2.45, 2.75) is 42.9 Å². The maximum atomic E-state index is 13.7. The standard InChI is InChI=1S/C26H27ClN2O4S/c1-18-9-14-22(24(17-18)34(31,32)29-21-7-3-4-8-23(21)33-2)28-25(30)26(15-5-6-16-26)19-10-12-20(27)13-11-19/h3-4,7-14,17,29H,5-6,15-16H2,1-2H3,(H,28,30). The molecule has 0 aliphatic heterocycles. The van der Waals surface area contributed by atoms with E-state index in [4.69, 9.17) is 16.3 Å². The van der Waals surface area contributed by atoms with Gasteiger partial charge in [-0.05, 0) is 67.3 Å². The number of carbonyl (C=O) groups excluding carboxylic acids is 1. The molecule has 34 heavy (non-hydrogen) atoms. The zero-order valence-corrected chi connectivity index (χ0v) is 20.7. The van der Waals surface area contributed by atoms with E-state index in [0.717, 1.165) is 24.0 Å². The van der Waals surface area contributed by atoms with E-state index < -0.39 is 15.4 Å². The molecule has 8 heteroatoms. The van der Waals surface area contributed by atoms with E-state index >= 15 is 0 Å². The first-order valence-corrected chi connectivity index (χ1v) is 13.0. The second-order valence-corrected chi connectivity index (χ2v) is 10.6. The van der Waals surface area contributed by atoms with Gasteiger partial charge in [-0.3, -0.25) is 9.52 Å². The van der Waals surface area contributed by atoms with Crippen molar-refractivity contribution in [2.75, 3.05) is 17.1 Å². The zero-order chi connectivity index (χ0) is 24.3. The van der Waals surface area contributed by atoms with Crippen LogP contribution in [0.25, 0.3) is 0 Å². The normalized spacial score (nSPS) is 15.0. The third-order valence-electron chi connectivity index (χ3n) is 6.31. The minimum atomic E-state index is -4.02. The van der Waals surface area contributed by atoms with Crippen LogP contribution in [0, 0.1) is 6.92 Å². The Morgan fingerprint density at radius 3 is 2.32 bits per heavy atom. The van der Waals surface area contributed by atoms with Crippen LogP contribution in [0.1, 0.15) is 36.8 Å². The predicted octanol–water partition coefficient (Wildman–Crippen LogP) is 5.91. The molecule has 1 amide bonds. The highest BCUT2D eigenvalue weighted by molar-refractivity contribution is 7.93. The van der Waals surface area contributed by atoms with Crippen LogP contribution in [0.3, 0.4) is 0 Å². The van der Waals surface area contributed by atoms with Crippen molar-refractivity contribution in [3.05, 3.63) is 82.9 Å². The second kappa shape index (κ2) is 9.68. The fraction of sp³-hybridized carbons (Fsp3) is 0.269. The SMILES string of the molecule is COc1ccccc1NS(=O)(=O)c1cc(C)ccc1NC(=O)C1(c2ccc(Cl)cc2)CCCC1. The summed E-state index contributed by atoms with van der Waals surface area (Å²) in [6.45, 7) is 1.81. The Balaban J connectivity index is 1.69. The third-order valence-corrected chi connectivity index (χ3v) is 7.97. The quantitative estimate of drug-likeness (QED) is 0.424. The highest BCUT2D eigenvalue weighted by Gasteiger charge is 2.43. The Morgan fingerprint density at radius 2 is 1.65 bits per heavy atom. The van der Waals surface area contributed by atoms with Crippen LogP contribution in [0.5, 0.6) is 5.75 Å². The zero-order valence-electron chi connectivity index (χ0n) is 19.1. The number of benzene rings is 3. The number of ether oxygens (including phenoxy) is 1. The van der Waals surface area contributed by atoms with E-state index in [2.05, 4.69) is 10.0 Å². The van der Waals surface area contributed by atoms with Gasteiger partial charge >= 0.3 is 0 Å². The number of carbonyl (C=O) groups is 1. The van der Waals surface area contributed by atoms with Crippen LogP contribution in [-0.2, 0) is 20.2 Å². The van der Waals surface area contributed by atoms with Crippen molar-refractivity contribution in [2.24, 2.45) is 0 Å². The molecule has 1 fully saturated rings. The first-order chi connectivity index (χ1) is 16.2. The molecule has 178 valence electrons. The molecule has 0 heterocycles. The number of hydrogen-bond acceptors (Lipinski definition) is 4. The lowest BCUT2D eigenvalue weighted by Crippen LogP contribution is -2.38. The highest BCUT2D eigenvalue weighted by atomic mass is 35.5. The van der Waals surface area contributed by atoms with Gasteiger partial charge in [0.05, 0.1) is 23.9 Å². The first kappa shape index (κ1) is 24.1. The van der Waals surface area contributed by atoms with Gasteiger partial charge in [-0.1, -0.05) is 54.8 Å². The Hall–Kier alpha value is -3.03. The number of methoxy groups -OCH3 is 1. The van der Waals surface area contributed by atoms with Crippen molar-refractivity contribution >= 4 is 38.9 Å². The van der Waals surface area contributed by atoms with E-state index in [1.165, 1.54) is 7.11 Å². The molecule has 1 aliphatic rings. The second-order valence-electron chi connectivity index (χ2n) is 8.56. The molecule has 0 bridgehead atoms. The van der Waals surface area contributed by atoms with E-state index in [1.807, 2.05) is 12.1 Å². The molecule has 4 rings (SSSR count). The Bertz CT molecular complexity index is 1300. The van der Waals surface area contributed by atoms with Crippen molar-refractivity contribution in [3.8, 4) is 5.75 Å². The molecular weight excluding hydrogens is 472 g/mol. The number of anilines is 2. The van der Waals surface area contributed by atoms with Crippen LogP contribution in [0.4, 0.5) is 11.4 Å². The summed E-state index contributed by atoms with van der Waals surface area (Å²) in [4.78, 5) is 13.7. The Labute approximate surface area is 205 Å². The molecule has 0 spiro atoms. The van der Waals surface area contributed by atoms with Gasteiger partial charge in [-0.2, -0.15) is 0 Å². The number of hydrogen-bond donors (Lipinski definition) is 2. The lowest BCUT2D eigenvalue weighted by Gasteiger charge is -2.29. The molecule has 1 aliphatic carbocycles. The van der Waals surface area contributed by atoms with Gasteiger partial charge in [-0.25, -0.2) is 8.42 Å².